The number of benzene rings is 10. The van der Waals surface area contributed by atoms with Crippen molar-refractivity contribution in [3.63, 3.8) is 0 Å². The third-order valence-corrected chi connectivity index (χ3v) is 11.1. The maximum atomic E-state index is 2.44. The maximum absolute atomic E-state index is 2.44. The van der Waals surface area contributed by atoms with Crippen LogP contribution in [0.4, 0.5) is 17.1 Å². The summed E-state index contributed by atoms with van der Waals surface area (Å²) in [5.74, 6) is 0. The molecule has 0 atom stereocenters. The highest BCUT2D eigenvalue weighted by Gasteiger charge is 2.22. The maximum Gasteiger partial charge on any atom is 0.0540 e. The fourth-order valence-corrected chi connectivity index (χ4v) is 8.37. The summed E-state index contributed by atoms with van der Waals surface area (Å²) in [5, 5.41) is 4.90. The van der Waals surface area contributed by atoms with Crippen molar-refractivity contribution in [3.05, 3.63) is 237 Å². The fraction of sp³-hybridized carbons (Fsp3) is 0. The Bertz CT molecular complexity index is 2990. The van der Waals surface area contributed by atoms with Crippen LogP contribution in [0.15, 0.2) is 237 Å². The Balaban J connectivity index is 1.18. The van der Waals surface area contributed by atoms with Crippen LogP contribution in [0.5, 0.6) is 0 Å². The summed E-state index contributed by atoms with van der Waals surface area (Å²) in [6, 6.07) is 85.7. The van der Waals surface area contributed by atoms with Crippen LogP contribution in [0.2, 0.25) is 0 Å². The van der Waals surface area contributed by atoms with Gasteiger partial charge in [0.15, 0.2) is 0 Å². The lowest BCUT2D eigenvalue weighted by molar-refractivity contribution is 1.30. The zero-order valence-corrected chi connectivity index (χ0v) is 31.5. The SMILES string of the molecule is c1ccc(-c2ccc(-c3ccccc3)c(-c3ccccc3-c3ccccc3N(c3ccc(-c4cccc5ccccc45)cc3)c3cccc4ccccc34)c2)cc1. The first-order chi connectivity index (χ1) is 28.3. The van der Waals surface area contributed by atoms with E-state index in [1.807, 2.05) is 0 Å². The molecule has 0 unspecified atom stereocenters. The van der Waals surface area contributed by atoms with E-state index in [1.165, 1.54) is 71.6 Å². The van der Waals surface area contributed by atoms with Crippen LogP contribution in [0.1, 0.15) is 0 Å². The molecule has 57 heavy (non-hydrogen) atoms. The molecule has 0 heterocycles. The van der Waals surface area contributed by atoms with Crippen molar-refractivity contribution in [2.45, 2.75) is 0 Å². The van der Waals surface area contributed by atoms with Crippen LogP contribution < -0.4 is 4.90 Å². The molecular weight excluding hydrogens is 687 g/mol. The van der Waals surface area contributed by atoms with Crippen molar-refractivity contribution in [3.8, 4) is 55.6 Å². The van der Waals surface area contributed by atoms with Crippen molar-refractivity contribution in [1.29, 1.82) is 0 Å². The number of nitrogens with zero attached hydrogens (tertiary/aromatic N) is 1. The van der Waals surface area contributed by atoms with Crippen LogP contribution in [-0.2, 0) is 0 Å². The molecule has 10 aromatic carbocycles. The van der Waals surface area contributed by atoms with E-state index in [-0.39, 0.29) is 0 Å². The molecule has 10 rings (SSSR count). The Labute approximate surface area is 334 Å². The van der Waals surface area contributed by atoms with Gasteiger partial charge in [-0.2, -0.15) is 0 Å². The first-order valence-corrected chi connectivity index (χ1v) is 19.6. The number of rotatable bonds is 8. The van der Waals surface area contributed by atoms with Crippen molar-refractivity contribution in [2.24, 2.45) is 0 Å². The predicted octanol–water partition coefficient (Wildman–Crippen LogP) is 15.8. The van der Waals surface area contributed by atoms with Gasteiger partial charge in [-0.1, -0.05) is 206 Å². The van der Waals surface area contributed by atoms with E-state index in [1.54, 1.807) is 0 Å². The molecule has 0 aliphatic heterocycles. The summed E-state index contributed by atoms with van der Waals surface area (Å²) >= 11 is 0. The van der Waals surface area contributed by atoms with Crippen LogP contribution in [0, 0.1) is 0 Å². The summed E-state index contributed by atoms with van der Waals surface area (Å²) in [4.78, 5) is 2.44. The molecule has 0 saturated carbocycles. The molecule has 0 N–H and O–H groups in total. The number of hydrogen-bond donors (Lipinski definition) is 0. The molecule has 0 saturated heterocycles. The number of anilines is 3. The number of hydrogen-bond acceptors (Lipinski definition) is 1. The third-order valence-electron chi connectivity index (χ3n) is 11.1. The summed E-state index contributed by atoms with van der Waals surface area (Å²) in [6.07, 6.45) is 0. The Kier molecular flexibility index (Phi) is 8.95. The minimum atomic E-state index is 1.09. The first kappa shape index (κ1) is 34.0. The molecule has 10 aromatic rings. The zero-order valence-electron chi connectivity index (χ0n) is 31.5. The molecule has 0 fully saturated rings. The molecule has 0 spiro atoms. The van der Waals surface area contributed by atoms with Gasteiger partial charge in [-0.15, -0.1) is 0 Å². The van der Waals surface area contributed by atoms with Gasteiger partial charge in [0.1, 0.15) is 0 Å². The number of fused-ring (bicyclic) bond motifs is 2. The molecule has 0 bridgehead atoms. The van der Waals surface area contributed by atoms with E-state index in [0.717, 1.165) is 22.6 Å². The van der Waals surface area contributed by atoms with Crippen LogP contribution in [-0.4, -0.2) is 0 Å². The Morgan fingerprint density at radius 1 is 0.228 bits per heavy atom. The molecule has 0 radical (unpaired) electrons. The smallest absolute Gasteiger partial charge is 0.0540 e. The van der Waals surface area contributed by atoms with Gasteiger partial charge in [0, 0.05) is 16.6 Å². The van der Waals surface area contributed by atoms with Gasteiger partial charge >= 0.3 is 0 Å². The average molecular weight is 726 g/mol. The molecular formula is C56H39N. The highest BCUT2D eigenvalue weighted by Crippen LogP contribution is 2.47. The normalized spacial score (nSPS) is 11.2. The van der Waals surface area contributed by atoms with Crippen molar-refractivity contribution >= 4 is 38.6 Å². The molecule has 268 valence electrons. The van der Waals surface area contributed by atoms with Crippen LogP contribution >= 0.6 is 0 Å². The van der Waals surface area contributed by atoms with Crippen molar-refractivity contribution in [1.82, 2.24) is 0 Å². The Hall–Kier alpha value is -7.48. The van der Waals surface area contributed by atoms with Gasteiger partial charge in [0.25, 0.3) is 0 Å². The van der Waals surface area contributed by atoms with Gasteiger partial charge in [-0.3, -0.25) is 0 Å². The Morgan fingerprint density at radius 2 is 0.702 bits per heavy atom. The summed E-state index contributed by atoms with van der Waals surface area (Å²) in [6.45, 7) is 0. The lowest BCUT2D eigenvalue weighted by Crippen LogP contribution is -2.12. The zero-order chi connectivity index (χ0) is 38.0. The molecule has 0 aromatic heterocycles. The Morgan fingerprint density at radius 3 is 1.44 bits per heavy atom. The largest absolute Gasteiger partial charge is 0.309 e. The van der Waals surface area contributed by atoms with Gasteiger partial charge < -0.3 is 4.90 Å². The minimum absolute atomic E-state index is 1.09. The second-order valence-electron chi connectivity index (χ2n) is 14.5. The van der Waals surface area contributed by atoms with E-state index in [0.29, 0.717) is 0 Å². The topological polar surface area (TPSA) is 3.24 Å². The van der Waals surface area contributed by atoms with Gasteiger partial charge in [-0.05, 0) is 96.6 Å². The molecule has 1 heteroatoms. The predicted molar refractivity (Wildman–Crippen MR) is 243 cm³/mol. The molecule has 1 nitrogen and oxygen atoms in total. The van der Waals surface area contributed by atoms with E-state index in [2.05, 4.69) is 241 Å². The lowest BCUT2D eigenvalue weighted by atomic mass is 9.86. The van der Waals surface area contributed by atoms with Crippen LogP contribution in [0.25, 0.3) is 77.2 Å². The monoisotopic (exact) mass is 725 g/mol. The van der Waals surface area contributed by atoms with E-state index < -0.39 is 0 Å². The number of para-hydroxylation sites is 1. The molecule has 0 aliphatic carbocycles. The van der Waals surface area contributed by atoms with E-state index in [9.17, 15) is 0 Å². The highest BCUT2D eigenvalue weighted by molar-refractivity contribution is 6.04. The average Bonchev–Trinajstić information content (AvgIpc) is 3.30. The fourth-order valence-electron chi connectivity index (χ4n) is 8.37. The van der Waals surface area contributed by atoms with Gasteiger partial charge in [0.05, 0.1) is 11.4 Å². The minimum Gasteiger partial charge on any atom is -0.309 e. The van der Waals surface area contributed by atoms with Crippen molar-refractivity contribution in [2.75, 3.05) is 4.90 Å². The first-order valence-electron chi connectivity index (χ1n) is 19.6. The standard InChI is InChI=1S/C56H39N/c1-3-17-40(18-4-1)45-35-38-49(41-19-5-2-6-20-41)54(39-45)52-28-12-11-27-51(52)53-29-13-14-31-56(53)57(55-32-16-24-43-22-8-10-26-50(43)55)46-36-33-44(34-37-46)48-30-15-23-42-21-7-9-25-47(42)48/h1-39H. The summed E-state index contributed by atoms with van der Waals surface area (Å²) < 4.78 is 0. The van der Waals surface area contributed by atoms with Crippen molar-refractivity contribution < 1.29 is 0 Å². The van der Waals surface area contributed by atoms with Crippen LogP contribution in [0.3, 0.4) is 0 Å². The second kappa shape index (κ2) is 15.0. The van der Waals surface area contributed by atoms with Gasteiger partial charge in [0.2, 0.25) is 0 Å². The lowest BCUT2D eigenvalue weighted by Gasteiger charge is -2.30. The molecule has 0 aliphatic rings. The van der Waals surface area contributed by atoms with Gasteiger partial charge in [-0.25, -0.2) is 0 Å². The summed E-state index contributed by atoms with van der Waals surface area (Å²) in [5.41, 5.74) is 15.3. The second-order valence-corrected chi connectivity index (χ2v) is 14.5. The van der Waals surface area contributed by atoms with E-state index in [4.69, 9.17) is 0 Å². The highest BCUT2D eigenvalue weighted by atomic mass is 15.1. The summed E-state index contributed by atoms with van der Waals surface area (Å²) in [7, 11) is 0. The molecule has 0 amide bonds. The quantitative estimate of drug-likeness (QED) is 0.151. The third kappa shape index (κ3) is 6.46. The van der Waals surface area contributed by atoms with E-state index >= 15 is 0 Å².